The maximum Gasteiger partial charge on any atom is 0.343 e. The van der Waals surface area contributed by atoms with Crippen molar-refractivity contribution in [3.63, 3.8) is 0 Å². The third kappa shape index (κ3) is 4.35. The molecule has 28 heavy (non-hydrogen) atoms. The molecule has 0 fully saturated rings. The van der Waals surface area contributed by atoms with Crippen LogP contribution < -0.4 is 9.47 Å². The van der Waals surface area contributed by atoms with Crippen LogP contribution in [0.3, 0.4) is 0 Å². The predicted molar refractivity (Wildman–Crippen MR) is 109 cm³/mol. The molecule has 0 aliphatic heterocycles. The summed E-state index contributed by atoms with van der Waals surface area (Å²) in [4.78, 5) is 24.6. The maximum absolute atomic E-state index is 12.3. The van der Waals surface area contributed by atoms with E-state index in [2.05, 4.69) is 0 Å². The van der Waals surface area contributed by atoms with Gasteiger partial charge in [0.15, 0.2) is 0 Å². The lowest BCUT2D eigenvalue weighted by Crippen LogP contribution is -2.11. The van der Waals surface area contributed by atoms with Gasteiger partial charge in [-0.3, -0.25) is 0 Å². The highest BCUT2D eigenvalue weighted by atomic mass is 35.5. The molecule has 0 aliphatic rings. The van der Waals surface area contributed by atoms with E-state index in [1.807, 2.05) is 26.0 Å². The van der Waals surface area contributed by atoms with Crippen molar-refractivity contribution >= 4 is 35.1 Å². The van der Waals surface area contributed by atoms with E-state index in [0.29, 0.717) is 10.0 Å². The Labute approximate surface area is 172 Å². The van der Waals surface area contributed by atoms with Gasteiger partial charge in [0.25, 0.3) is 0 Å². The molecule has 6 heteroatoms. The molecule has 0 saturated heterocycles. The predicted octanol–water partition coefficient (Wildman–Crippen LogP) is 6.05. The minimum Gasteiger partial charge on any atom is -0.421 e. The molecule has 0 aromatic heterocycles. The van der Waals surface area contributed by atoms with E-state index in [-0.39, 0.29) is 22.6 Å². The molecule has 0 N–H and O–H groups in total. The molecule has 0 atom stereocenters. The normalized spacial score (nSPS) is 10.4. The molecule has 0 unspecified atom stereocenters. The SMILES string of the molecule is Cc1cccc(OC(=O)c2ccc(C(=O)Oc3cccc(C)c3Cl)cc2)c1Cl. The van der Waals surface area contributed by atoms with Gasteiger partial charge in [0.05, 0.1) is 21.2 Å². The summed E-state index contributed by atoms with van der Waals surface area (Å²) in [5, 5.41) is 0.761. The summed E-state index contributed by atoms with van der Waals surface area (Å²) >= 11 is 12.3. The average molecular weight is 415 g/mol. The van der Waals surface area contributed by atoms with Crippen LogP contribution in [0, 0.1) is 13.8 Å². The molecule has 0 spiro atoms. The minimum atomic E-state index is -0.575. The lowest BCUT2D eigenvalue weighted by molar-refractivity contribution is 0.0720. The zero-order valence-corrected chi connectivity index (χ0v) is 16.7. The Morgan fingerprint density at radius 3 is 1.36 bits per heavy atom. The first kappa shape index (κ1) is 19.9. The zero-order valence-electron chi connectivity index (χ0n) is 15.2. The van der Waals surface area contributed by atoms with Crippen molar-refractivity contribution in [3.8, 4) is 11.5 Å². The van der Waals surface area contributed by atoms with Crippen molar-refractivity contribution in [1.29, 1.82) is 0 Å². The number of carbonyl (C=O) groups is 2. The molecule has 0 saturated carbocycles. The van der Waals surface area contributed by atoms with Gasteiger partial charge >= 0.3 is 11.9 Å². The van der Waals surface area contributed by atoms with Crippen LogP contribution in [0.1, 0.15) is 31.8 Å². The third-order valence-corrected chi connectivity index (χ3v) is 5.04. The van der Waals surface area contributed by atoms with Crippen molar-refractivity contribution in [2.75, 3.05) is 0 Å². The molecule has 3 aromatic rings. The number of ether oxygens (including phenoxy) is 2. The first-order valence-corrected chi connectivity index (χ1v) is 9.17. The van der Waals surface area contributed by atoms with Gasteiger partial charge in [-0.1, -0.05) is 47.5 Å². The quantitative estimate of drug-likeness (QED) is 0.385. The highest BCUT2D eigenvalue weighted by Crippen LogP contribution is 2.29. The number of rotatable bonds is 4. The second-order valence-corrected chi connectivity index (χ2v) is 6.89. The number of hydrogen-bond donors (Lipinski definition) is 0. The van der Waals surface area contributed by atoms with Gasteiger partial charge in [-0.25, -0.2) is 9.59 Å². The molecular weight excluding hydrogens is 399 g/mol. The van der Waals surface area contributed by atoms with Gasteiger partial charge < -0.3 is 9.47 Å². The van der Waals surface area contributed by atoms with Gasteiger partial charge in [0, 0.05) is 0 Å². The summed E-state index contributed by atoms with van der Waals surface area (Å²) in [7, 11) is 0. The molecule has 0 amide bonds. The van der Waals surface area contributed by atoms with E-state index < -0.39 is 11.9 Å². The van der Waals surface area contributed by atoms with E-state index in [0.717, 1.165) is 11.1 Å². The number of aryl methyl sites for hydroxylation is 2. The van der Waals surface area contributed by atoms with Crippen molar-refractivity contribution in [2.45, 2.75) is 13.8 Å². The average Bonchev–Trinajstić information content (AvgIpc) is 2.69. The highest BCUT2D eigenvalue weighted by molar-refractivity contribution is 6.33. The highest BCUT2D eigenvalue weighted by Gasteiger charge is 2.15. The molecule has 0 heterocycles. The Hall–Kier alpha value is -2.82. The summed E-state index contributed by atoms with van der Waals surface area (Å²) in [6.07, 6.45) is 0. The number of esters is 2. The second-order valence-electron chi connectivity index (χ2n) is 6.13. The first-order valence-electron chi connectivity index (χ1n) is 8.41. The van der Waals surface area contributed by atoms with E-state index in [9.17, 15) is 9.59 Å². The van der Waals surface area contributed by atoms with Crippen molar-refractivity contribution < 1.29 is 19.1 Å². The van der Waals surface area contributed by atoms with Crippen LogP contribution >= 0.6 is 23.2 Å². The van der Waals surface area contributed by atoms with Crippen LogP contribution in [0.2, 0.25) is 10.0 Å². The fraction of sp³-hybridized carbons (Fsp3) is 0.0909. The fourth-order valence-electron chi connectivity index (χ4n) is 2.46. The largest absolute Gasteiger partial charge is 0.421 e. The summed E-state index contributed by atoms with van der Waals surface area (Å²) in [5.74, 6) is -0.586. The lowest BCUT2D eigenvalue weighted by atomic mass is 10.1. The second kappa shape index (κ2) is 8.46. The van der Waals surface area contributed by atoms with Crippen LogP contribution in [0.5, 0.6) is 11.5 Å². The summed E-state index contributed by atoms with van der Waals surface area (Å²) < 4.78 is 10.7. The van der Waals surface area contributed by atoms with Crippen LogP contribution in [0.4, 0.5) is 0 Å². The summed E-state index contributed by atoms with van der Waals surface area (Å²) in [6.45, 7) is 3.64. The summed E-state index contributed by atoms with van der Waals surface area (Å²) in [5.41, 5.74) is 2.17. The molecule has 4 nitrogen and oxygen atoms in total. The smallest absolute Gasteiger partial charge is 0.343 e. The van der Waals surface area contributed by atoms with Gasteiger partial charge in [-0.2, -0.15) is 0 Å². The molecule has 0 aliphatic carbocycles. The Morgan fingerprint density at radius 1 is 0.643 bits per heavy atom. The van der Waals surface area contributed by atoms with Crippen LogP contribution in [0.25, 0.3) is 0 Å². The maximum atomic E-state index is 12.3. The Balaban J connectivity index is 1.72. The van der Waals surface area contributed by atoms with Crippen molar-refractivity contribution in [3.05, 3.63) is 93.0 Å². The van der Waals surface area contributed by atoms with Gasteiger partial charge in [-0.05, 0) is 61.4 Å². The van der Waals surface area contributed by atoms with E-state index in [1.54, 1.807) is 24.3 Å². The van der Waals surface area contributed by atoms with Crippen LogP contribution in [-0.2, 0) is 0 Å². The third-order valence-electron chi connectivity index (χ3n) is 4.07. The number of benzene rings is 3. The van der Waals surface area contributed by atoms with E-state index >= 15 is 0 Å². The Morgan fingerprint density at radius 2 is 1.00 bits per heavy atom. The lowest BCUT2D eigenvalue weighted by Gasteiger charge is -2.09. The van der Waals surface area contributed by atoms with Crippen molar-refractivity contribution in [1.82, 2.24) is 0 Å². The first-order chi connectivity index (χ1) is 13.4. The Bertz CT molecular complexity index is 958. The monoisotopic (exact) mass is 414 g/mol. The fourth-order valence-corrected chi connectivity index (χ4v) is 2.79. The molecule has 142 valence electrons. The molecule has 3 rings (SSSR count). The van der Waals surface area contributed by atoms with Gasteiger partial charge in [0.2, 0.25) is 0 Å². The number of carbonyl (C=O) groups excluding carboxylic acids is 2. The minimum absolute atomic E-state index is 0.280. The Kier molecular flexibility index (Phi) is 6.02. The molecular formula is C22H16Cl2O4. The van der Waals surface area contributed by atoms with Gasteiger partial charge in [-0.15, -0.1) is 0 Å². The van der Waals surface area contributed by atoms with Gasteiger partial charge in [0.1, 0.15) is 11.5 Å². The molecule has 0 bridgehead atoms. The van der Waals surface area contributed by atoms with E-state index in [1.165, 1.54) is 24.3 Å². The zero-order chi connectivity index (χ0) is 20.3. The topological polar surface area (TPSA) is 52.6 Å². The standard InChI is InChI=1S/C22H16Cl2O4/c1-13-5-3-7-17(19(13)23)27-21(25)15-9-11-16(12-10-15)22(26)28-18-8-4-6-14(2)20(18)24/h3-12H,1-2H3. The molecule has 0 radical (unpaired) electrons. The van der Waals surface area contributed by atoms with E-state index in [4.69, 9.17) is 32.7 Å². The number of halogens is 2. The van der Waals surface area contributed by atoms with Crippen molar-refractivity contribution in [2.24, 2.45) is 0 Å². The summed E-state index contributed by atoms with van der Waals surface area (Å²) in [6, 6.07) is 16.3. The molecule has 3 aromatic carbocycles. The van der Waals surface area contributed by atoms with Crippen LogP contribution in [0.15, 0.2) is 60.7 Å². The number of hydrogen-bond acceptors (Lipinski definition) is 4. The van der Waals surface area contributed by atoms with Crippen LogP contribution in [-0.4, -0.2) is 11.9 Å².